The van der Waals surface area contributed by atoms with Crippen molar-refractivity contribution in [2.45, 2.75) is 11.8 Å². The van der Waals surface area contributed by atoms with Crippen LogP contribution in [0.2, 0.25) is 0 Å². The van der Waals surface area contributed by atoms with Gasteiger partial charge in [-0.2, -0.15) is 0 Å². The van der Waals surface area contributed by atoms with Gasteiger partial charge in [-0.3, -0.25) is 9.59 Å². The van der Waals surface area contributed by atoms with E-state index < -0.39 is 0 Å². The number of amides is 2. The number of rotatable bonds is 8. The van der Waals surface area contributed by atoms with Gasteiger partial charge in [0, 0.05) is 27.1 Å². The summed E-state index contributed by atoms with van der Waals surface area (Å²) in [5, 5.41) is 8.18. The first kappa shape index (κ1) is 23.5. The van der Waals surface area contributed by atoms with Gasteiger partial charge in [-0.1, -0.05) is 29.8 Å². The zero-order valence-corrected chi connectivity index (χ0v) is 20.3. The normalized spacial score (nSPS) is 10.5. The number of hydrogen-bond acceptors (Lipinski definition) is 6. The number of nitrogens with one attached hydrogen (secondary N) is 2. The van der Waals surface area contributed by atoms with Gasteiger partial charge in [0.1, 0.15) is 5.75 Å². The molecule has 3 aromatic carbocycles. The first-order chi connectivity index (χ1) is 16.5. The van der Waals surface area contributed by atoms with Crippen LogP contribution < -0.4 is 15.4 Å². The molecule has 0 fully saturated rings. The van der Waals surface area contributed by atoms with Crippen molar-refractivity contribution >= 4 is 45.7 Å². The molecule has 2 amide bonds. The van der Waals surface area contributed by atoms with Crippen LogP contribution in [-0.2, 0) is 4.79 Å². The molecule has 0 bridgehead atoms. The number of benzene rings is 3. The number of ether oxygens (including phenoxy) is 1. The number of aromatic nitrogens is 1. The zero-order valence-electron chi connectivity index (χ0n) is 18.7. The molecule has 0 saturated heterocycles. The second-order valence-corrected chi connectivity index (χ2v) is 9.33. The minimum atomic E-state index is -0.153. The van der Waals surface area contributed by atoms with E-state index in [2.05, 4.69) is 15.6 Å². The second kappa shape index (κ2) is 11.0. The third kappa shape index (κ3) is 6.03. The maximum Gasteiger partial charge on any atom is 0.255 e. The number of nitrogens with zero attached hydrogens (tertiary/aromatic N) is 1. The van der Waals surface area contributed by atoms with E-state index in [9.17, 15) is 9.59 Å². The molecule has 0 radical (unpaired) electrons. The van der Waals surface area contributed by atoms with Crippen molar-refractivity contribution in [2.24, 2.45) is 0 Å². The largest absolute Gasteiger partial charge is 0.496 e. The summed E-state index contributed by atoms with van der Waals surface area (Å²) < 4.78 is 5.39. The zero-order chi connectivity index (χ0) is 23.9. The summed E-state index contributed by atoms with van der Waals surface area (Å²) in [6, 6.07) is 22.5. The maximum atomic E-state index is 12.4. The number of carbonyl (C=O) groups excluding carboxylic acids is 2. The van der Waals surface area contributed by atoms with Crippen molar-refractivity contribution in [3.63, 3.8) is 0 Å². The number of thioether (sulfide) groups is 1. The Hall–Kier alpha value is -3.62. The van der Waals surface area contributed by atoms with E-state index in [1.807, 2.05) is 79.0 Å². The van der Waals surface area contributed by atoms with Gasteiger partial charge in [0.05, 0.1) is 18.6 Å². The van der Waals surface area contributed by atoms with Crippen LogP contribution in [0.15, 0.2) is 83.1 Å². The SMILES string of the molecule is COc1ccccc1-c1csc(NC(=O)CSc2ccc(NC(=O)c3cccc(C)c3)cc2)n1. The first-order valence-electron chi connectivity index (χ1n) is 10.5. The van der Waals surface area contributed by atoms with Crippen molar-refractivity contribution in [3.05, 3.63) is 89.3 Å². The Labute approximate surface area is 206 Å². The Morgan fingerprint density at radius 3 is 2.56 bits per heavy atom. The number of anilines is 2. The Kier molecular flexibility index (Phi) is 7.61. The van der Waals surface area contributed by atoms with E-state index in [-0.39, 0.29) is 17.6 Å². The van der Waals surface area contributed by atoms with Gasteiger partial charge in [0.15, 0.2) is 5.13 Å². The lowest BCUT2D eigenvalue weighted by Gasteiger charge is -2.07. The summed E-state index contributed by atoms with van der Waals surface area (Å²) >= 11 is 2.79. The fraction of sp³-hybridized carbons (Fsp3) is 0.115. The van der Waals surface area contributed by atoms with Crippen molar-refractivity contribution in [2.75, 3.05) is 23.5 Å². The Morgan fingerprint density at radius 1 is 1.00 bits per heavy atom. The average molecular weight is 490 g/mol. The van der Waals surface area contributed by atoms with Crippen molar-refractivity contribution in [1.82, 2.24) is 4.98 Å². The number of thiazole rings is 1. The summed E-state index contributed by atoms with van der Waals surface area (Å²) in [7, 11) is 1.62. The monoisotopic (exact) mass is 489 g/mol. The summed E-state index contributed by atoms with van der Waals surface area (Å²) in [6.07, 6.45) is 0. The molecule has 34 heavy (non-hydrogen) atoms. The van der Waals surface area contributed by atoms with Gasteiger partial charge in [0.2, 0.25) is 5.91 Å². The van der Waals surface area contributed by atoms with E-state index >= 15 is 0 Å². The number of carbonyl (C=O) groups is 2. The highest BCUT2D eigenvalue weighted by Gasteiger charge is 2.12. The van der Waals surface area contributed by atoms with Crippen LogP contribution in [0.5, 0.6) is 5.75 Å². The smallest absolute Gasteiger partial charge is 0.255 e. The van der Waals surface area contributed by atoms with Gasteiger partial charge in [-0.05, 0) is 55.5 Å². The lowest BCUT2D eigenvalue weighted by atomic mass is 10.1. The molecule has 8 heteroatoms. The molecule has 0 aliphatic rings. The summed E-state index contributed by atoms with van der Waals surface area (Å²) in [4.78, 5) is 30.2. The van der Waals surface area contributed by atoms with E-state index in [1.165, 1.54) is 23.1 Å². The molecule has 4 aromatic rings. The van der Waals surface area contributed by atoms with E-state index in [4.69, 9.17) is 4.74 Å². The van der Waals surface area contributed by atoms with Crippen LogP contribution in [0.25, 0.3) is 11.3 Å². The second-order valence-electron chi connectivity index (χ2n) is 7.42. The van der Waals surface area contributed by atoms with Crippen molar-refractivity contribution in [1.29, 1.82) is 0 Å². The van der Waals surface area contributed by atoms with Gasteiger partial charge in [0.25, 0.3) is 5.91 Å². The lowest BCUT2D eigenvalue weighted by Crippen LogP contribution is -2.13. The van der Waals surface area contributed by atoms with Crippen LogP contribution in [0, 0.1) is 6.92 Å². The highest BCUT2D eigenvalue weighted by molar-refractivity contribution is 8.00. The number of aryl methyl sites for hydroxylation is 1. The molecule has 1 aromatic heterocycles. The highest BCUT2D eigenvalue weighted by Crippen LogP contribution is 2.32. The Balaban J connectivity index is 1.29. The molecule has 172 valence electrons. The standard InChI is InChI=1S/C26H23N3O3S2/c1-17-6-5-7-18(14-17)25(31)27-19-10-12-20(13-11-19)33-16-24(30)29-26-28-22(15-34-26)21-8-3-4-9-23(21)32-2/h3-15H,16H2,1-2H3,(H,27,31)(H,28,29,30). The molecule has 0 unspecified atom stereocenters. The fourth-order valence-corrected chi connectivity index (χ4v) is 4.66. The summed E-state index contributed by atoms with van der Waals surface area (Å²) in [5.41, 5.74) is 3.99. The number of methoxy groups -OCH3 is 1. The molecule has 0 spiro atoms. The van der Waals surface area contributed by atoms with Gasteiger partial charge in [-0.15, -0.1) is 23.1 Å². The Bertz CT molecular complexity index is 1300. The third-order valence-corrected chi connectivity index (χ3v) is 6.67. The predicted octanol–water partition coefficient (Wildman–Crippen LogP) is 6.11. The van der Waals surface area contributed by atoms with Crippen molar-refractivity contribution < 1.29 is 14.3 Å². The fourth-order valence-electron chi connectivity index (χ4n) is 3.24. The Morgan fingerprint density at radius 2 is 1.79 bits per heavy atom. The van der Waals surface area contributed by atoms with Crippen LogP contribution in [0.3, 0.4) is 0 Å². The number of hydrogen-bond donors (Lipinski definition) is 2. The summed E-state index contributed by atoms with van der Waals surface area (Å²) in [6.45, 7) is 1.95. The predicted molar refractivity (Wildman–Crippen MR) is 139 cm³/mol. The molecule has 1 heterocycles. The number of para-hydroxylation sites is 1. The van der Waals surface area contributed by atoms with Crippen LogP contribution in [-0.4, -0.2) is 29.7 Å². The minimum Gasteiger partial charge on any atom is -0.496 e. The molecular formula is C26H23N3O3S2. The van der Waals surface area contributed by atoms with E-state index in [0.29, 0.717) is 16.4 Å². The van der Waals surface area contributed by atoms with E-state index in [0.717, 1.165) is 27.5 Å². The molecule has 0 saturated carbocycles. The minimum absolute atomic E-state index is 0.136. The van der Waals surface area contributed by atoms with Gasteiger partial charge >= 0.3 is 0 Å². The quantitative estimate of drug-likeness (QED) is 0.292. The maximum absolute atomic E-state index is 12.4. The van der Waals surface area contributed by atoms with Crippen LogP contribution in [0.4, 0.5) is 10.8 Å². The first-order valence-corrected chi connectivity index (χ1v) is 12.4. The molecule has 6 nitrogen and oxygen atoms in total. The van der Waals surface area contributed by atoms with E-state index in [1.54, 1.807) is 13.2 Å². The molecule has 0 atom stereocenters. The topological polar surface area (TPSA) is 80.3 Å². The molecule has 2 N–H and O–H groups in total. The highest BCUT2D eigenvalue weighted by atomic mass is 32.2. The van der Waals surface area contributed by atoms with Crippen LogP contribution >= 0.6 is 23.1 Å². The van der Waals surface area contributed by atoms with Crippen LogP contribution in [0.1, 0.15) is 15.9 Å². The third-order valence-electron chi connectivity index (χ3n) is 4.90. The average Bonchev–Trinajstić information content (AvgIpc) is 3.31. The van der Waals surface area contributed by atoms with Gasteiger partial charge < -0.3 is 15.4 Å². The molecule has 0 aliphatic heterocycles. The summed E-state index contributed by atoms with van der Waals surface area (Å²) in [5.74, 6) is 0.695. The molecular weight excluding hydrogens is 466 g/mol. The van der Waals surface area contributed by atoms with Gasteiger partial charge in [-0.25, -0.2) is 4.98 Å². The van der Waals surface area contributed by atoms with Crippen molar-refractivity contribution in [3.8, 4) is 17.0 Å². The molecule has 0 aliphatic carbocycles. The lowest BCUT2D eigenvalue weighted by molar-refractivity contribution is -0.113. The molecule has 4 rings (SSSR count).